The first-order chi connectivity index (χ1) is 4.86. The van der Waals surface area contributed by atoms with Gasteiger partial charge in [0, 0.05) is 6.54 Å². The zero-order valence-corrected chi connectivity index (χ0v) is 6.84. The zero-order valence-electron chi connectivity index (χ0n) is 6.84. The van der Waals surface area contributed by atoms with Crippen molar-refractivity contribution in [2.24, 2.45) is 11.8 Å². The van der Waals surface area contributed by atoms with Gasteiger partial charge < -0.3 is 4.90 Å². The van der Waals surface area contributed by atoms with Gasteiger partial charge in [-0.25, -0.2) is 0 Å². The summed E-state index contributed by atoms with van der Waals surface area (Å²) in [5.41, 5.74) is 0. The van der Waals surface area contributed by atoms with Crippen LogP contribution in [-0.2, 0) is 0 Å². The number of likely N-dealkylation sites (tertiary alicyclic amines) is 1. The fourth-order valence-electron chi connectivity index (χ4n) is 2.61. The molecule has 1 aliphatic heterocycles. The van der Waals surface area contributed by atoms with Crippen LogP contribution in [0.25, 0.3) is 0 Å². The van der Waals surface area contributed by atoms with Gasteiger partial charge in [0.25, 0.3) is 0 Å². The van der Waals surface area contributed by atoms with E-state index in [0.29, 0.717) is 0 Å². The van der Waals surface area contributed by atoms with Gasteiger partial charge in [0.05, 0.1) is 0 Å². The van der Waals surface area contributed by atoms with Crippen molar-refractivity contribution in [2.75, 3.05) is 20.1 Å². The van der Waals surface area contributed by atoms with Crippen LogP contribution in [0.3, 0.4) is 0 Å². The largest absolute Gasteiger partial charge is 0.306 e. The molecule has 0 N–H and O–H groups in total. The standard InChI is InChI=1S/C9H17N/c1-10-6-5-8-3-2-4-9(8)7-10/h8-9H,2-7H2,1H3/t8-,9+/m1/s1. The highest BCUT2D eigenvalue weighted by Crippen LogP contribution is 2.36. The van der Waals surface area contributed by atoms with Crippen molar-refractivity contribution >= 4 is 0 Å². The highest BCUT2D eigenvalue weighted by Gasteiger charge is 2.31. The maximum absolute atomic E-state index is 2.49. The van der Waals surface area contributed by atoms with Gasteiger partial charge in [0.1, 0.15) is 0 Å². The molecule has 0 aromatic rings. The Morgan fingerprint density at radius 1 is 1.10 bits per heavy atom. The van der Waals surface area contributed by atoms with Crippen LogP contribution in [0.2, 0.25) is 0 Å². The first-order valence-corrected chi connectivity index (χ1v) is 4.55. The Hall–Kier alpha value is -0.0400. The van der Waals surface area contributed by atoms with Crippen molar-refractivity contribution in [3.05, 3.63) is 0 Å². The van der Waals surface area contributed by atoms with Crippen LogP contribution in [0.5, 0.6) is 0 Å². The molecule has 1 nitrogen and oxygen atoms in total. The Morgan fingerprint density at radius 3 is 2.80 bits per heavy atom. The summed E-state index contributed by atoms with van der Waals surface area (Å²) in [6, 6.07) is 0. The van der Waals surface area contributed by atoms with Gasteiger partial charge in [0.15, 0.2) is 0 Å². The molecule has 2 rings (SSSR count). The van der Waals surface area contributed by atoms with E-state index in [4.69, 9.17) is 0 Å². The molecule has 1 saturated heterocycles. The zero-order chi connectivity index (χ0) is 6.97. The maximum Gasteiger partial charge on any atom is 0.000926 e. The van der Waals surface area contributed by atoms with Crippen LogP contribution in [-0.4, -0.2) is 25.0 Å². The average molecular weight is 139 g/mol. The summed E-state index contributed by atoms with van der Waals surface area (Å²) >= 11 is 0. The fourth-order valence-corrected chi connectivity index (χ4v) is 2.61. The van der Waals surface area contributed by atoms with Crippen LogP contribution in [0.15, 0.2) is 0 Å². The van der Waals surface area contributed by atoms with E-state index in [9.17, 15) is 0 Å². The summed E-state index contributed by atoms with van der Waals surface area (Å²) in [6.45, 7) is 2.73. The summed E-state index contributed by atoms with van der Waals surface area (Å²) in [5.74, 6) is 2.18. The molecule has 0 amide bonds. The number of rotatable bonds is 0. The molecule has 0 unspecified atom stereocenters. The fraction of sp³-hybridized carbons (Fsp3) is 1.00. The lowest BCUT2D eigenvalue weighted by Crippen LogP contribution is -2.35. The predicted molar refractivity (Wildman–Crippen MR) is 42.9 cm³/mol. The molecule has 1 aliphatic carbocycles. The van der Waals surface area contributed by atoms with Crippen LogP contribution in [0.4, 0.5) is 0 Å². The van der Waals surface area contributed by atoms with Gasteiger partial charge >= 0.3 is 0 Å². The monoisotopic (exact) mass is 139 g/mol. The van der Waals surface area contributed by atoms with E-state index in [1.54, 1.807) is 0 Å². The Balaban J connectivity index is 1.96. The third-order valence-corrected chi connectivity index (χ3v) is 3.24. The number of hydrogen-bond acceptors (Lipinski definition) is 1. The normalized spacial score (nSPS) is 41.7. The Bertz CT molecular complexity index is 122. The third-order valence-electron chi connectivity index (χ3n) is 3.24. The molecule has 0 radical (unpaired) electrons. The second-order valence-corrected chi connectivity index (χ2v) is 4.00. The number of fused-ring (bicyclic) bond motifs is 1. The van der Waals surface area contributed by atoms with Gasteiger partial charge in [-0.3, -0.25) is 0 Å². The molecule has 1 heterocycles. The highest BCUT2D eigenvalue weighted by atomic mass is 15.1. The van der Waals surface area contributed by atoms with Gasteiger partial charge in [-0.2, -0.15) is 0 Å². The average Bonchev–Trinajstić information content (AvgIpc) is 2.33. The molecule has 10 heavy (non-hydrogen) atoms. The molecular weight excluding hydrogens is 122 g/mol. The Morgan fingerprint density at radius 2 is 1.90 bits per heavy atom. The van der Waals surface area contributed by atoms with Crippen LogP contribution in [0, 0.1) is 11.8 Å². The first kappa shape index (κ1) is 6.66. The van der Waals surface area contributed by atoms with Crippen molar-refractivity contribution in [3.8, 4) is 0 Å². The summed E-state index contributed by atoms with van der Waals surface area (Å²) in [7, 11) is 2.26. The second-order valence-electron chi connectivity index (χ2n) is 4.00. The summed E-state index contributed by atoms with van der Waals surface area (Å²) in [6.07, 6.45) is 6.01. The highest BCUT2D eigenvalue weighted by molar-refractivity contribution is 4.83. The maximum atomic E-state index is 2.49. The van der Waals surface area contributed by atoms with Crippen LogP contribution in [0.1, 0.15) is 25.7 Å². The molecule has 58 valence electrons. The third kappa shape index (κ3) is 1.07. The molecule has 2 aliphatic rings. The van der Waals surface area contributed by atoms with Crippen molar-refractivity contribution in [2.45, 2.75) is 25.7 Å². The summed E-state index contributed by atoms with van der Waals surface area (Å²) in [4.78, 5) is 2.49. The Labute approximate surface area is 63.4 Å². The van der Waals surface area contributed by atoms with Gasteiger partial charge in [-0.05, 0) is 38.3 Å². The smallest absolute Gasteiger partial charge is 0.000926 e. The molecule has 1 saturated carbocycles. The lowest BCUT2D eigenvalue weighted by atomic mass is 9.89. The molecule has 0 aromatic carbocycles. The van der Waals surface area contributed by atoms with E-state index >= 15 is 0 Å². The van der Waals surface area contributed by atoms with Crippen LogP contribution < -0.4 is 0 Å². The van der Waals surface area contributed by atoms with E-state index in [1.165, 1.54) is 38.8 Å². The topological polar surface area (TPSA) is 3.24 Å². The second kappa shape index (κ2) is 2.54. The van der Waals surface area contributed by atoms with Crippen LogP contribution >= 0.6 is 0 Å². The summed E-state index contributed by atoms with van der Waals surface area (Å²) < 4.78 is 0. The number of nitrogens with zero attached hydrogens (tertiary/aromatic N) is 1. The van der Waals surface area contributed by atoms with E-state index in [-0.39, 0.29) is 0 Å². The molecule has 1 heteroatoms. The van der Waals surface area contributed by atoms with E-state index < -0.39 is 0 Å². The quantitative estimate of drug-likeness (QED) is 0.494. The SMILES string of the molecule is CN1CC[C@H]2CCC[C@H]2C1. The summed E-state index contributed by atoms with van der Waals surface area (Å²) in [5, 5.41) is 0. The van der Waals surface area contributed by atoms with E-state index in [1.807, 2.05) is 0 Å². The molecular formula is C9H17N. The van der Waals surface area contributed by atoms with Crippen molar-refractivity contribution in [1.29, 1.82) is 0 Å². The van der Waals surface area contributed by atoms with Gasteiger partial charge in [-0.15, -0.1) is 0 Å². The van der Waals surface area contributed by atoms with Gasteiger partial charge in [0.2, 0.25) is 0 Å². The molecule has 0 aromatic heterocycles. The van der Waals surface area contributed by atoms with Crippen molar-refractivity contribution < 1.29 is 0 Å². The van der Waals surface area contributed by atoms with Crippen molar-refractivity contribution in [1.82, 2.24) is 4.90 Å². The number of piperidine rings is 1. The van der Waals surface area contributed by atoms with E-state index in [2.05, 4.69) is 11.9 Å². The van der Waals surface area contributed by atoms with Gasteiger partial charge in [-0.1, -0.05) is 12.8 Å². The number of hydrogen-bond donors (Lipinski definition) is 0. The lowest BCUT2D eigenvalue weighted by Gasteiger charge is -2.32. The lowest BCUT2D eigenvalue weighted by molar-refractivity contribution is 0.166. The molecule has 2 atom stereocenters. The minimum Gasteiger partial charge on any atom is -0.306 e. The Kier molecular flexibility index (Phi) is 1.69. The van der Waals surface area contributed by atoms with Crippen molar-refractivity contribution in [3.63, 3.8) is 0 Å². The molecule has 0 spiro atoms. The minimum atomic E-state index is 1.07. The molecule has 2 fully saturated rings. The minimum absolute atomic E-state index is 1.07. The first-order valence-electron chi connectivity index (χ1n) is 4.55. The predicted octanol–water partition coefficient (Wildman–Crippen LogP) is 1.74. The molecule has 0 bridgehead atoms. The van der Waals surface area contributed by atoms with E-state index in [0.717, 1.165) is 11.8 Å².